The highest BCUT2D eigenvalue weighted by Gasteiger charge is 2.31. The Bertz CT molecular complexity index is 399. The molecule has 106 valence electrons. The minimum absolute atomic E-state index is 0.557. The Hall–Kier alpha value is 0.360. The molecule has 0 radical (unpaired) electrons. The lowest BCUT2D eigenvalue weighted by atomic mass is 10.0. The number of benzene rings is 1. The van der Waals surface area contributed by atoms with Gasteiger partial charge in [-0.25, -0.2) is 0 Å². The minimum atomic E-state index is 0.557. The lowest BCUT2D eigenvalue weighted by Gasteiger charge is -2.36. The van der Waals surface area contributed by atoms with Crippen molar-refractivity contribution < 1.29 is 0 Å². The highest BCUT2D eigenvalue weighted by molar-refractivity contribution is 9.10. The van der Waals surface area contributed by atoms with Crippen LogP contribution in [-0.4, -0.2) is 35.1 Å². The number of nitrogens with one attached hydrogen (secondary N) is 1. The molecular weight excluding hydrogens is 338 g/mol. The molecule has 19 heavy (non-hydrogen) atoms. The summed E-state index contributed by atoms with van der Waals surface area (Å²) in [6, 6.07) is 9.15. The molecule has 1 aliphatic heterocycles. The first kappa shape index (κ1) is 15.7. The molecule has 0 saturated carbocycles. The standard InChI is InChI=1S/C15H22BrNS2/c1-3-14-15(19-9-8-18-14)13(17-2)10-11-6-4-5-7-12(11)16/h4-7,13-15,17H,3,8-10H2,1-2H3. The first-order chi connectivity index (χ1) is 9.26. The van der Waals surface area contributed by atoms with Crippen LogP contribution in [0.5, 0.6) is 0 Å². The van der Waals surface area contributed by atoms with E-state index in [1.165, 1.54) is 28.0 Å². The molecule has 1 aromatic carbocycles. The molecule has 4 heteroatoms. The van der Waals surface area contributed by atoms with Crippen molar-refractivity contribution in [2.24, 2.45) is 0 Å². The van der Waals surface area contributed by atoms with Gasteiger partial charge in [-0.05, 0) is 31.5 Å². The number of hydrogen-bond acceptors (Lipinski definition) is 3. The molecule has 3 unspecified atom stereocenters. The Kier molecular flexibility index (Phi) is 6.60. The number of rotatable bonds is 5. The smallest absolute Gasteiger partial charge is 0.0323 e. The summed E-state index contributed by atoms with van der Waals surface area (Å²) in [4.78, 5) is 0. The lowest BCUT2D eigenvalue weighted by Crippen LogP contribution is -2.45. The summed E-state index contributed by atoms with van der Waals surface area (Å²) in [6.07, 6.45) is 2.38. The molecule has 1 saturated heterocycles. The maximum atomic E-state index is 3.67. The molecule has 1 heterocycles. The molecule has 0 aliphatic carbocycles. The fraction of sp³-hybridized carbons (Fsp3) is 0.600. The summed E-state index contributed by atoms with van der Waals surface area (Å²) < 4.78 is 1.23. The van der Waals surface area contributed by atoms with Crippen LogP contribution < -0.4 is 5.32 Å². The molecule has 1 aliphatic rings. The Morgan fingerprint density at radius 3 is 2.74 bits per heavy atom. The van der Waals surface area contributed by atoms with Crippen LogP contribution >= 0.6 is 39.5 Å². The first-order valence-corrected chi connectivity index (χ1v) is 9.79. The minimum Gasteiger partial charge on any atom is -0.316 e. The van der Waals surface area contributed by atoms with Crippen LogP contribution in [0.1, 0.15) is 18.9 Å². The number of likely N-dealkylation sites (N-methyl/N-ethyl adjacent to an activating group) is 1. The first-order valence-electron chi connectivity index (χ1n) is 6.90. The van der Waals surface area contributed by atoms with E-state index in [0.717, 1.165) is 16.9 Å². The molecule has 0 aromatic heterocycles. The average Bonchev–Trinajstić information content (AvgIpc) is 2.46. The van der Waals surface area contributed by atoms with Crippen molar-refractivity contribution in [1.29, 1.82) is 0 Å². The lowest BCUT2D eigenvalue weighted by molar-refractivity contribution is 0.516. The predicted molar refractivity (Wildman–Crippen MR) is 93.5 cm³/mol. The maximum Gasteiger partial charge on any atom is 0.0323 e. The van der Waals surface area contributed by atoms with Crippen molar-refractivity contribution in [1.82, 2.24) is 5.32 Å². The highest BCUT2D eigenvalue weighted by Crippen LogP contribution is 2.36. The zero-order chi connectivity index (χ0) is 13.7. The third-order valence-corrected chi connectivity index (χ3v) is 7.84. The number of thioether (sulfide) groups is 2. The largest absolute Gasteiger partial charge is 0.316 e. The van der Waals surface area contributed by atoms with Gasteiger partial charge in [0.05, 0.1) is 0 Å². The van der Waals surface area contributed by atoms with E-state index in [1.807, 2.05) is 0 Å². The van der Waals surface area contributed by atoms with Crippen molar-refractivity contribution in [2.75, 3.05) is 18.6 Å². The molecule has 1 nitrogen and oxygen atoms in total. The van der Waals surface area contributed by atoms with Crippen molar-refractivity contribution in [3.63, 3.8) is 0 Å². The van der Waals surface area contributed by atoms with E-state index >= 15 is 0 Å². The van der Waals surface area contributed by atoms with Gasteiger partial charge in [0.15, 0.2) is 0 Å². The molecule has 1 N–H and O–H groups in total. The van der Waals surface area contributed by atoms with Crippen LogP contribution in [0, 0.1) is 0 Å². The van der Waals surface area contributed by atoms with E-state index < -0.39 is 0 Å². The summed E-state index contributed by atoms with van der Waals surface area (Å²) in [7, 11) is 2.11. The second-order valence-corrected chi connectivity index (χ2v) is 8.33. The summed E-state index contributed by atoms with van der Waals surface area (Å²) in [5.74, 6) is 2.60. The fourth-order valence-corrected chi connectivity index (χ4v) is 6.34. The third-order valence-electron chi connectivity index (χ3n) is 3.66. The van der Waals surface area contributed by atoms with Crippen molar-refractivity contribution in [3.05, 3.63) is 34.3 Å². The van der Waals surface area contributed by atoms with Crippen molar-refractivity contribution in [2.45, 2.75) is 36.3 Å². The zero-order valence-corrected chi connectivity index (χ0v) is 14.8. The van der Waals surface area contributed by atoms with E-state index in [9.17, 15) is 0 Å². The number of halogens is 1. The molecule has 1 aromatic rings. The molecule has 0 bridgehead atoms. The summed E-state index contributed by atoms with van der Waals surface area (Å²) >= 11 is 7.98. The van der Waals surface area contributed by atoms with Crippen LogP contribution in [0.3, 0.4) is 0 Å². The van der Waals surface area contributed by atoms with E-state index in [2.05, 4.69) is 83.0 Å². The molecule has 0 amide bonds. The van der Waals surface area contributed by atoms with Gasteiger partial charge >= 0.3 is 0 Å². The Morgan fingerprint density at radius 2 is 2.05 bits per heavy atom. The summed E-state index contributed by atoms with van der Waals surface area (Å²) in [5.41, 5.74) is 1.41. The van der Waals surface area contributed by atoms with E-state index in [0.29, 0.717) is 6.04 Å². The Labute approximate surface area is 133 Å². The highest BCUT2D eigenvalue weighted by atomic mass is 79.9. The van der Waals surface area contributed by atoms with Crippen molar-refractivity contribution in [3.8, 4) is 0 Å². The second-order valence-electron chi connectivity index (χ2n) is 4.84. The normalized spacial score (nSPS) is 25.2. The Morgan fingerprint density at radius 1 is 1.32 bits per heavy atom. The molecule has 3 atom stereocenters. The van der Waals surface area contributed by atoms with Gasteiger partial charge in [-0.1, -0.05) is 41.1 Å². The van der Waals surface area contributed by atoms with Crippen molar-refractivity contribution >= 4 is 39.5 Å². The second kappa shape index (κ2) is 7.96. The van der Waals surface area contributed by atoms with Crippen LogP contribution in [0.15, 0.2) is 28.7 Å². The molecular formula is C15H22BrNS2. The zero-order valence-electron chi connectivity index (χ0n) is 11.6. The summed E-state index contributed by atoms with van der Waals surface area (Å²) in [5, 5.41) is 5.07. The van der Waals surface area contributed by atoms with Crippen LogP contribution in [0.2, 0.25) is 0 Å². The molecule has 1 fully saturated rings. The average molecular weight is 360 g/mol. The van der Waals surface area contributed by atoms with Gasteiger partial charge in [0, 0.05) is 32.5 Å². The van der Waals surface area contributed by atoms with E-state index in [4.69, 9.17) is 0 Å². The van der Waals surface area contributed by atoms with Crippen LogP contribution in [-0.2, 0) is 6.42 Å². The van der Waals surface area contributed by atoms with Gasteiger partial charge < -0.3 is 5.32 Å². The van der Waals surface area contributed by atoms with Gasteiger partial charge in [0.2, 0.25) is 0 Å². The number of hydrogen-bond donors (Lipinski definition) is 1. The SMILES string of the molecule is CCC1SCCSC1C(Cc1ccccc1Br)NC. The topological polar surface area (TPSA) is 12.0 Å². The van der Waals surface area contributed by atoms with E-state index in [1.54, 1.807) is 0 Å². The van der Waals surface area contributed by atoms with Crippen LogP contribution in [0.25, 0.3) is 0 Å². The quantitative estimate of drug-likeness (QED) is 0.845. The van der Waals surface area contributed by atoms with Gasteiger partial charge in [0.25, 0.3) is 0 Å². The monoisotopic (exact) mass is 359 g/mol. The summed E-state index contributed by atoms with van der Waals surface area (Å²) in [6.45, 7) is 2.32. The maximum absolute atomic E-state index is 3.67. The Balaban J connectivity index is 2.08. The van der Waals surface area contributed by atoms with Gasteiger partial charge in [-0.2, -0.15) is 23.5 Å². The predicted octanol–water partition coefficient (Wildman–Crippen LogP) is 4.21. The molecule has 2 rings (SSSR count). The third kappa shape index (κ3) is 4.16. The van der Waals surface area contributed by atoms with Crippen LogP contribution in [0.4, 0.5) is 0 Å². The molecule has 0 spiro atoms. The van der Waals surface area contributed by atoms with E-state index in [-0.39, 0.29) is 0 Å². The fourth-order valence-electron chi connectivity index (χ4n) is 2.59. The van der Waals surface area contributed by atoms with Gasteiger partial charge in [0.1, 0.15) is 0 Å². The van der Waals surface area contributed by atoms with Gasteiger partial charge in [-0.3, -0.25) is 0 Å². The van der Waals surface area contributed by atoms with Gasteiger partial charge in [-0.15, -0.1) is 0 Å².